The van der Waals surface area contributed by atoms with Crippen LogP contribution in [0.3, 0.4) is 0 Å². The molecule has 1 aromatic heterocycles. The average molecular weight is 337 g/mol. The smallest absolute Gasteiger partial charge is 0.283 e. The van der Waals surface area contributed by atoms with Gasteiger partial charge < -0.3 is 5.32 Å². The standard InChI is InChI=1S/C14H13ClN4O2S/c1-8-12(22-14(17-8)18-9(2)20)13(21)19-16-7-10-3-5-11(15)6-4-10/h3-7H,1-2H3,(H,19,21)(H,17,18,20)/b16-7+. The molecule has 2 amide bonds. The number of carbonyl (C=O) groups excluding carboxylic acids is 2. The lowest BCUT2D eigenvalue weighted by Gasteiger charge is -1.97. The third kappa shape index (κ3) is 4.37. The molecule has 2 aromatic rings. The second-order valence-corrected chi connectivity index (χ2v) is 5.80. The SMILES string of the molecule is CC(=O)Nc1nc(C)c(C(=O)N/N=C/c2ccc(Cl)cc2)s1. The van der Waals surface area contributed by atoms with Gasteiger partial charge in [-0.15, -0.1) is 0 Å². The molecule has 114 valence electrons. The molecular formula is C14H13ClN4O2S. The van der Waals surface area contributed by atoms with Crippen molar-refractivity contribution < 1.29 is 9.59 Å². The lowest BCUT2D eigenvalue weighted by molar-refractivity contribution is -0.114. The number of aromatic nitrogens is 1. The first-order valence-electron chi connectivity index (χ1n) is 6.29. The lowest BCUT2D eigenvalue weighted by atomic mass is 10.2. The van der Waals surface area contributed by atoms with Crippen molar-refractivity contribution in [2.45, 2.75) is 13.8 Å². The first-order valence-corrected chi connectivity index (χ1v) is 7.49. The number of thiazole rings is 1. The summed E-state index contributed by atoms with van der Waals surface area (Å²) in [5, 5.41) is 7.45. The van der Waals surface area contributed by atoms with Crippen molar-refractivity contribution in [2.75, 3.05) is 5.32 Å². The molecule has 6 nitrogen and oxygen atoms in total. The van der Waals surface area contributed by atoms with Gasteiger partial charge in [0.25, 0.3) is 5.91 Å². The van der Waals surface area contributed by atoms with Gasteiger partial charge in [0.15, 0.2) is 5.13 Å². The average Bonchev–Trinajstić information content (AvgIpc) is 2.81. The molecule has 0 aliphatic heterocycles. The van der Waals surface area contributed by atoms with Gasteiger partial charge in [0.05, 0.1) is 11.9 Å². The number of halogens is 1. The van der Waals surface area contributed by atoms with Crippen molar-refractivity contribution in [1.82, 2.24) is 10.4 Å². The number of anilines is 1. The van der Waals surface area contributed by atoms with E-state index in [2.05, 4.69) is 20.8 Å². The van der Waals surface area contributed by atoms with Gasteiger partial charge in [-0.05, 0) is 24.6 Å². The second-order valence-electron chi connectivity index (χ2n) is 4.37. The van der Waals surface area contributed by atoms with Gasteiger partial charge in [0.2, 0.25) is 5.91 Å². The fourth-order valence-corrected chi connectivity index (χ4v) is 2.60. The van der Waals surface area contributed by atoms with Crippen molar-refractivity contribution in [3.63, 3.8) is 0 Å². The molecular weight excluding hydrogens is 324 g/mol. The Bertz CT molecular complexity index is 725. The third-order valence-electron chi connectivity index (χ3n) is 2.54. The molecule has 0 aliphatic carbocycles. The Hall–Kier alpha value is -2.25. The molecule has 0 saturated heterocycles. The van der Waals surface area contributed by atoms with E-state index in [1.54, 1.807) is 31.2 Å². The molecule has 0 radical (unpaired) electrons. The zero-order valence-electron chi connectivity index (χ0n) is 11.9. The minimum atomic E-state index is -0.378. The fourth-order valence-electron chi connectivity index (χ4n) is 1.58. The van der Waals surface area contributed by atoms with Crippen molar-refractivity contribution >= 4 is 46.1 Å². The molecule has 2 N–H and O–H groups in total. The van der Waals surface area contributed by atoms with Gasteiger partial charge in [-0.2, -0.15) is 5.10 Å². The highest BCUT2D eigenvalue weighted by molar-refractivity contribution is 7.17. The first-order chi connectivity index (χ1) is 10.5. The number of amides is 2. The summed E-state index contributed by atoms with van der Waals surface area (Å²) in [4.78, 5) is 27.5. The van der Waals surface area contributed by atoms with E-state index in [0.717, 1.165) is 16.9 Å². The van der Waals surface area contributed by atoms with Gasteiger partial charge in [-0.1, -0.05) is 35.1 Å². The summed E-state index contributed by atoms with van der Waals surface area (Å²) in [7, 11) is 0. The number of carbonyl (C=O) groups is 2. The van der Waals surface area contributed by atoms with Crippen LogP contribution >= 0.6 is 22.9 Å². The number of aryl methyl sites for hydroxylation is 1. The number of hydrogen-bond acceptors (Lipinski definition) is 5. The Balaban J connectivity index is 2.01. The molecule has 0 atom stereocenters. The minimum absolute atomic E-state index is 0.235. The summed E-state index contributed by atoms with van der Waals surface area (Å²) in [5.74, 6) is -0.613. The Kier molecular flexibility index (Phi) is 5.24. The highest BCUT2D eigenvalue weighted by Gasteiger charge is 2.15. The van der Waals surface area contributed by atoms with Crippen LogP contribution in [0.1, 0.15) is 27.9 Å². The highest BCUT2D eigenvalue weighted by Crippen LogP contribution is 2.22. The first kappa shape index (κ1) is 16.1. The van der Waals surface area contributed by atoms with Gasteiger partial charge >= 0.3 is 0 Å². The number of hydrogen-bond donors (Lipinski definition) is 2. The number of rotatable bonds is 4. The normalized spacial score (nSPS) is 10.7. The summed E-state index contributed by atoms with van der Waals surface area (Å²) >= 11 is 6.88. The van der Waals surface area contributed by atoms with Gasteiger partial charge in [0, 0.05) is 11.9 Å². The van der Waals surface area contributed by atoms with Crippen LogP contribution in [0.15, 0.2) is 29.4 Å². The van der Waals surface area contributed by atoms with Crippen molar-refractivity contribution in [3.8, 4) is 0 Å². The summed E-state index contributed by atoms with van der Waals surface area (Å²) in [6.07, 6.45) is 1.51. The van der Waals surface area contributed by atoms with Crippen LogP contribution < -0.4 is 10.7 Å². The monoisotopic (exact) mass is 336 g/mol. The number of nitrogens with zero attached hydrogens (tertiary/aromatic N) is 2. The van der Waals surface area contributed by atoms with Crippen molar-refractivity contribution in [1.29, 1.82) is 0 Å². The topological polar surface area (TPSA) is 83.5 Å². The molecule has 2 rings (SSSR count). The van der Waals surface area contributed by atoms with Crippen LogP contribution in [0.4, 0.5) is 5.13 Å². The van der Waals surface area contributed by atoms with Gasteiger partial charge in [-0.25, -0.2) is 10.4 Å². The van der Waals surface area contributed by atoms with Gasteiger partial charge in [0.1, 0.15) is 4.88 Å². The molecule has 1 aromatic carbocycles. The molecule has 0 bridgehead atoms. The molecule has 1 heterocycles. The molecule has 0 spiro atoms. The Morgan fingerprint density at radius 2 is 2.00 bits per heavy atom. The van der Waals surface area contributed by atoms with Crippen molar-refractivity contribution in [3.05, 3.63) is 45.4 Å². The molecule has 0 fully saturated rings. The summed E-state index contributed by atoms with van der Waals surface area (Å²) in [6.45, 7) is 3.08. The maximum atomic E-state index is 12.0. The highest BCUT2D eigenvalue weighted by atomic mass is 35.5. The van der Waals surface area contributed by atoms with Gasteiger partial charge in [-0.3, -0.25) is 9.59 Å². The molecule has 22 heavy (non-hydrogen) atoms. The number of hydrazone groups is 1. The zero-order chi connectivity index (χ0) is 16.1. The van der Waals surface area contributed by atoms with Crippen LogP contribution in [0.5, 0.6) is 0 Å². The molecule has 8 heteroatoms. The number of nitrogens with one attached hydrogen (secondary N) is 2. The molecule has 0 unspecified atom stereocenters. The maximum Gasteiger partial charge on any atom is 0.283 e. The Morgan fingerprint density at radius 3 is 2.64 bits per heavy atom. The fraction of sp³-hybridized carbons (Fsp3) is 0.143. The van der Waals surface area contributed by atoms with E-state index in [9.17, 15) is 9.59 Å². The molecule has 0 aliphatic rings. The van der Waals surface area contributed by atoms with Crippen LogP contribution in [0, 0.1) is 6.92 Å². The largest absolute Gasteiger partial charge is 0.302 e. The quantitative estimate of drug-likeness (QED) is 0.665. The van der Waals surface area contributed by atoms with Crippen LogP contribution in [0.2, 0.25) is 5.02 Å². The van der Waals surface area contributed by atoms with E-state index in [1.807, 2.05) is 0 Å². The van der Waals surface area contributed by atoms with Crippen molar-refractivity contribution in [2.24, 2.45) is 5.10 Å². The lowest BCUT2D eigenvalue weighted by Crippen LogP contribution is -2.17. The van der Waals surface area contributed by atoms with Crippen LogP contribution in [-0.2, 0) is 4.79 Å². The van der Waals surface area contributed by atoms with E-state index in [4.69, 9.17) is 11.6 Å². The van der Waals surface area contributed by atoms with Crippen LogP contribution in [0.25, 0.3) is 0 Å². The van der Waals surface area contributed by atoms with E-state index < -0.39 is 0 Å². The van der Waals surface area contributed by atoms with E-state index in [1.165, 1.54) is 13.1 Å². The summed E-state index contributed by atoms with van der Waals surface area (Å²) in [6, 6.07) is 7.03. The van der Waals surface area contributed by atoms with E-state index in [-0.39, 0.29) is 11.8 Å². The summed E-state index contributed by atoms with van der Waals surface area (Å²) < 4.78 is 0. The Morgan fingerprint density at radius 1 is 1.32 bits per heavy atom. The predicted octanol–water partition coefficient (Wildman–Crippen LogP) is 2.83. The third-order valence-corrected chi connectivity index (χ3v) is 3.86. The molecule has 0 saturated carbocycles. The Labute approximate surface area is 136 Å². The van der Waals surface area contributed by atoms with Crippen LogP contribution in [-0.4, -0.2) is 23.0 Å². The second kappa shape index (κ2) is 7.15. The minimum Gasteiger partial charge on any atom is -0.302 e. The summed E-state index contributed by atoms with van der Waals surface area (Å²) in [5.41, 5.74) is 3.77. The predicted molar refractivity (Wildman–Crippen MR) is 87.7 cm³/mol. The van der Waals surface area contributed by atoms with E-state index >= 15 is 0 Å². The number of benzene rings is 1. The zero-order valence-corrected chi connectivity index (χ0v) is 13.5. The van der Waals surface area contributed by atoms with E-state index in [0.29, 0.717) is 20.7 Å². The maximum absolute atomic E-state index is 12.0.